The summed E-state index contributed by atoms with van der Waals surface area (Å²) >= 11 is 0. The van der Waals surface area contributed by atoms with E-state index in [9.17, 15) is 0 Å². The average molecular weight is 296 g/mol. The van der Waals surface area contributed by atoms with Gasteiger partial charge in [-0.1, -0.05) is 24.3 Å². The largest absolute Gasteiger partial charge is 0.103 e. The number of aryl methyl sites for hydroxylation is 2. The van der Waals surface area contributed by atoms with Crippen LogP contribution < -0.4 is 0 Å². The minimum absolute atomic E-state index is 0.808. The smallest absolute Gasteiger partial charge is 0.0162 e. The van der Waals surface area contributed by atoms with Crippen LogP contribution in [0.15, 0.2) is 30.9 Å². The predicted octanol–water partition coefficient (Wildman–Crippen LogP) is 6.57. The van der Waals surface area contributed by atoms with E-state index in [1.165, 1.54) is 62.5 Å². The second-order valence-electron chi connectivity index (χ2n) is 7.87. The average Bonchev–Trinajstić information content (AvgIpc) is 2.58. The van der Waals surface area contributed by atoms with E-state index in [1.54, 1.807) is 5.56 Å². The summed E-state index contributed by atoms with van der Waals surface area (Å²) in [4.78, 5) is 0. The molecule has 0 heterocycles. The number of benzene rings is 1. The Kier molecular flexibility index (Phi) is 5.06. The predicted molar refractivity (Wildman–Crippen MR) is 96.3 cm³/mol. The van der Waals surface area contributed by atoms with Gasteiger partial charge in [0.2, 0.25) is 0 Å². The molecule has 0 amide bonds. The highest BCUT2D eigenvalue weighted by Crippen LogP contribution is 2.44. The zero-order valence-electron chi connectivity index (χ0n) is 14.5. The Morgan fingerprint density at radius 1 is 0.818 bits per heavy atom. The van der Waals surface area contributed by atoms with Gasteiger partial charge in [-0.2, -0.15) is 0 Å². The first-order valence-corrected chi connectivity index (χ1v) is 9.37. The van der Waals surface area contributed by atoms with Crippen molar-refractivity contribution in [3.05, 3.63) is 47.5 Å². The minimum atomic E-state index is 0.808. The lowest BCUT2D eigenvalue weighted by atomic mass is 9.68. The maximum absolute atomic E-state index is 3.98. The molecule has 2 fully saturated rings. The van der Waals surface area contributed by atoms with Gasteiger partial charge in [-0.05, 0) is 106 Å². The fourth-order valence-corrected chi connectivity index (χ4v) is 4.79. The lowest BCUT2D eigenvalue weighted by Crippen LogP contribution is -2.25. The highest BCUT2D eigenvalue weighted by Gasteiger charge is 2.30. The van der Waals surface area contributed by atoms with Gasteiger partial charge < -0.3 is 0 Å². The van der Waals surface area contributed by atoms with Crippen molar-refractivity contribution in [3.63, 3.8) is 0 Å². The molecule has 2 aliphatic rings. The van der Waals surface area contributed by atoms with Crippen molar-refractivity contribution < 1.29 is 0 Å². The van der Waals surface area contributed by atoms with E-state index < -0.39 is 0 Å². The van der Waals surface area contributed by atoms with Crippen molar-refractivity contribution in [2.45, 2.75) is 71.1 Å². The molecule has 0 atom stereocenters. The summed E-state index contributed by atoms with van der Waals surface area (Å²) in [6.45, 7) is 8.45. The zero-order valence-corrected chi connectivity index (χ0v) is 14.5. The van der Waals surface area contributed by atoms with Gasteiger partial charge in [-0.3, -0.25) is 0 Å². The third kappa shape index (κ3) is 3.47. The first-order chi connectivity index (χ1) is 10.7. The SMILES string of the molecule is C=CC1CCC(C2CCC(c3ccc(C)c(C)c3)CC2)CC1. The van der Waals surface area contributed by atoms with E-state index in [-0.39, 0.29) is 0 Å². The molecule has 0 N–H and O–H groups in total. The first-order valence-electron chi connectivity index (χ1n) is 9.37. The maximum Gasteiger partial charge on any atom is -0.0162 e. The van der Waals surface area contributed by atoms with Gasteiger partial charge in [0.1, 0.15) is 0 Å². The minimum Gasteiger partial charge on any atom is -0.103 e. The summed E-state index contributed by atoms with van der Waals surface area (Å²) in [5.74, 6) is 3.65. The molecule has 3 rings (SSSR count). The molecule has 1 aromatic carbocycles. The van der Waals surface area contributed by atoms with Crippen LogP contribution in [0.5, 0.6) is 0 Å². The first kappa shape index (κ1) is 15.8. The van der Waals surface area contributed by atoms with Gasteiger partial charge in [-0.15, -0.1) is 6.58 Å². The summed E-state index contributed by atoms with van der Waals surface area (Å²) in [6, 6.07) is 7.13. The molecule has 0 spiro atoms. The number of rotatable bonds is 3. The van der Waals surface area contributed by atoms with E-state index in [2.05, 4.69) is 44.7 Å². The van der Waals surface area contributed by atoms with Crippen molar-refractivity contribution in [1.82, 2.24) is 0 Å². The fraction of sp³-hybridized carbons (Fsp3) is 0.636. The van der Waals surface area contributed by atoms with Crippen LogP contribution in [0.1, 0.15) is 74.0 Å². The van der Waals surface area contributed by atoms with E-state index >= 15 is 0 Å². The quantitative estimate of drug-likeness (QED) is 0.553. The van der Waals surface area contributed by atoms with Crippen LogP contribution >= 0.6 is 0 Å². The highest BCUT2D eigenvalue weighted by molar-refractivity contribution is 5.32. The second kappa shape index (κ2) is 7.02. The number of hydrogen-bond acceptors (Lipinski definition) is 0. The van der Waals surface area contributed by atoms with Gasteiger partial charge in [-0.25, -0.2) is 0 Å². The molecular weight excluding hydrogens is 264 g/mol. The lowest BCUT2D eigenvalue weighted by Gasteiger charge is -2.37. The Hall–Kier alpha value is -1.04. The van der Waals surface area contributed by atoms with Gasteiger partial charge in [0.05, 0.1) is 0 Å². The lowest BCUT2D eigenvalue weighted by molar-refractivity contribution is 0.171. The Labute approximate surface area is 137 Å². The maximum atomic E-state index is 3.98. The van der Waals surface area contributed by atoms with Crippen molar-refractivity contribution in [3.8, 4) is 0 Å². The van der Waals surface area contributed by atoms with Crippen LogP contribution in [0.25, 0.3) is 0 Å². The van der Waals surface area contributed by atoms with Crippen LogP contribution in [-0.2, 0) is 0 Å². The fourth-order valence-electron chi connectivity index (χ4n) is 4.79. The molecule has 2 saturated carbocycles. The van der Waals surface area contributed by atoms with Gasteiger partial charge in [0.15, 0.2) is 0 Å². The molecule has 22 heavy (non-hydrogen) atoms. The topological polar surface area (TPSA) is 0 Å². The molecule has 0 radical (unpaired) electrons. The van der Waals surface area contributed by atoms with Gasteiger partial charge in [0, 0.05) is 0 Å². The van der Waals surface area contributed by atoms with Crippen molar-refractivity contribution in [2.24, 2.45) is 17.8 Å². The highest BCUT2D eigenvalue weighted by atomic mass is 14.4. The molecule has 0 bridgehead atoms. The standard InChI is InChI=1S/C22H32/c1-4-18-6-9-19(10-7-18)20-11-13-21(14-12-20)22-8-5-16(2)17(3)15-22/h4-5,8,15,18-21H,1,6-7,9-14H2,2-3H3. The third-order valence-electron chi connectivity index (χ3n) is 6.59. The molecule has 0 aromatic heterocycles. The van der Waals surface area contributed by atoms with Crippen molar-refractivity contribution >= 4 is 0 Å². The summed E-state index contributed by atoms with van der Waals surface area (Å²) in [6.07, 6.45) is 13.6. The van der Waals surface area contributed by atoms with E-state index in [0.717, 1.165) is 23.7 Å². The van der Waals surface area contributed by atoms with Gasteiger partial charge >= 0.3 is 0 Å². The molecule has 0 saturated heterocycles. The van der Waals surface area contributed by atoms with Crippen LogP contribution in [0.3, 0.4) is 0 Å². The van der Waals surface area contributed by atoms with Gasteiger partial charge in [0.25, 0.3) is 0 Å². The number of allylic oxidation sites excluding steroid dienone is 1. The van der Waals surface area contributed by atoms with Crippen molar-refractivity contribution in [1.29, 1.82) is 0 Å². The molecule has 0 unspecified atom stereocenters. The summed E-state index contributed by atoms with van der Waals surface area (Å²) < 4.78 is 0. The normalized spacial score (nSPS) is 32.6. The molecule has 120 valence electrons. The molecule has 0 aliphatic heterocycles. The summed E-state index contributed by atoms with van der Waals surface area (Å²) in [7, 11) is 0. The Morgan fingerprint density at radius 2 is 1.41 bits per heavy atom. The van der Waals surface area contributed by atoms with Crippen LogP contribution in [-0.4, -0.2) is 0 Å². The Balaban J connectivity index is 1.54. The molecule has 1 aromatic rings. The second-order valence-corrected chi connectivity index (χ2v) is 7.87. The van der Waals surface area contributed by atoms with Crippen LogP contribution in [0, 0.1) is 31.6 Å². The van der Waals surface area contributed by atoms with E-state index in [4.69, 9.17) is 0 Å². The zero-order chi connectivity index (χ0) is 15.5. The van der Waals surface area contributed by atoms with E-state index in [1.807, 2.05) is 0 Å². The molecule has 2 aliphatic carbocycles. The summed E-state index contributed by atoms with van der Waals surface area (Å²) in [5.41, 5.74) is 4.48. The Bertz CT molecular complexity index is 497. The van der Waals surface area contributed by atoms with E-state index in [0.29, 0.717) is 0 Å². The molecular formula is C22H32. The summed E-state index contributed by atoms with van der Waals surface area (Å²) in [5, 5.41) is 0. The Morgan fingerprint density at radius 3 is 1.95 bits per heavy atom. The molecule has 0 nitrogen and oxygen atoms in total. The number of hydrogen-bond donors (Lipinski definition) is 0. The van der Waals surface area contributed by atoms with Crippen LogP contribution in [0.4, 0.5) is 0 Å². The monoisotopic (exact) mass is 296 g/mol. The van der Waals surface area contributed by atoms with Crippen molar-refractivity contribution in [2.75, 3.05) is 0 Å². The third-order valence-corrected chi connectivity index (χ3v) is 6.59. The van der Waals surface area contributed by atoms with Crippen LogP contribution in [0.2, 0.25) is 0 Å². The molecule has 0 heteroatoms.